The molecule has 0 saturated heterocycles. The molecule has 32 heavy (non-hydrogen) atoms. The van der Waals surface area contributed by atoms with Crippen molar-refractivity contribution in [1.82, 2.24) is 4.57 Å². The predicted octanol–water partition coefficient (Wildman–Crippen LogP) is 4.80. The molecule has 0 aliphatic carbocycles. The van der Waals surface area contributed by atoms with Crippen molar-refractivity contribution in [3.05, 3.63) is 89.6 Å². The number of ether oxygens (including phenoxy) is 1. The third-order valence-corrected chi connectivity index (χ3v) is 5.50. The number of aromatic carboxylic acids is 1. The SMILES string of the molecule is Cc1ccccc1-n1c(C)c(C(=O)O)c2cc(OC[C@H](O)CNc3ccccc3)ccc21. The van der Waals surface area contributed by atoms with Gasteiger partial charge in [0.05, 0.1) is 11.1 Å². The molecular weight excluding hydrogens is 404 g/mol. The van der Waals surface area contributed by atoms with Crippen molar-refractivity contribution < 1.29 is 19.7 Å². The first-order valence-corrected chi connectivity index (χ1v) is 10.5. The molecule has 1 atom stereocenters. The van der Waals surface area contributed by atoms with Crippen LogP contribution in [0.1, 0.15) is 21.6 Å². The molecule has 0 saturated carbocycles. The molecule has 0 radical (unpaired) electrons. The maximum absolute atomic E-state index is 12.1. The number of nitrogens with zero attached hydrogens (tertiary/aromatic N) is 1. The van der Waals surface area contributed by atoms with Crippen molar-refractivity contribution in [2.75, 3.05) is 18.5 Å². The number of benzene rings is 3. The summed E-state index contributed by atoms with van der Waals surface area (Å²) in [4.78, 5) is 12.1. The van der Waals surface area contributed by atoms with E-state index < -0.39 is 12.1 Å². The third kappa shape index (κ3) is 4.31. The van der Waals surface area contributed by atoms with Gasteiger partial charge in [-0.05, 0) is 55.8 Å². The molecule has 4 aromatic rings. The van der Waals surface area contributed by atoms with Crippen LogP contribution in [-0.4, -0.2) is 40.0 Å². The van der Waals surface area contributed by atoms with E-state index in [0.717, 1.165) is 22.5 Å². The first-order chi connectivity index (χ1) is 15.5. The van der Waals surface area contributed by atoms with Crippen LogP contribution < -0.4 is 10.1 Å². The van der Waals surface area contributed by atoms with Gasteiger partial charge in [0.2, 0.25) is 0 Å². The lowest BCUT2D eigenvalue weighted by Crippen LogP contribution is -2.26. The molecule has 0 fully saturated rings. The Labute approximate surface area is 186 Å². The lowest BCUT2D eigenvalue weighted by molar-refractivity contribution is 0.0698. The Hall–Kier alpha value is -3.77. The molecule has 3 N–H and O–H groups in total. The molecule has 0 amide bonds. The second kappa shape index (κ2) is 9.16. The summed E-state index contributed by atoms with van der Waals surface area (Å²) in [6.45, 7) is 4.25. The zero-order valence-corrected chi connectivity index (χ0v) is 18.1. The summed E-state index contributed by atoms with van der Waals surface area (Å²) in [6, 6.07) is 22.9. The van der Waals surface area contributed by atoms with Crippen LogP contribution in [0.4, 0.5) is 5.69 Å². The fourth-order valence-electron chi connectivity index (χ4n) is 3.93. The van der Waals surface area contributed by atoms with Gasteiger partial charge in [-0.25, -0.2) is 4.79 Å². The molecule has 6 nitrogen and oxygen atoms in total. The van der Waals surface area contributed by atoms with E-state index >= 15 is 0 Å². The fraction of sp³-hybridized carbons (Fsp3) is 0.192. The maximum Gasteiger partial charge on any atom is 0.338 e. The van der Waals surface area contributed by atoms with Gasteiger partial charge in [0, 0.05) is 29.0 Å². The number of aliphatic hydroxyl groups is 1. The van der Waals surface area contributed by atoms with Gasteiger partial charge in [0.15, 0.2) is 0 Å². The molecule has 4 rings (SSSR count). The minimum atomic E-state index is -0.982. The standard InChI is InChI=1S/C26H26N2O4/c1-17-8-6-7-11-23(17)28-18(2)25(26(30)31)22-14-21(12-13-24(22)28)32-16-20(29)15-27-19-9-4-3-5-10-19/h3-14,20,27,29H,15-16H2,1-2H3,(H,30,31)/t20-/m1/s1. The molecule has 164 valence electrons. The Morgan fingerprint density at radius 2 is 1.75 bits per heavy atom. The Balaban J connectivity index is 1.58. The van der Waals surface area contributed by atoms with Crippen molar-refractivity contribution in [1.29, 1.82) is 0 Å². The van der Waals surface area contributed by atoms with Crippen LogP contribution in [0.5, 0.6) is 5.75 Å². The molecule has 1 heterocycles. The molecule has 3 aromatic carbocycles. The number of aromatic nitrogens is 1. The smallest absolute Gasteiger partial charge is 0.338 e. The summed E-state index contributed by atoms with van der Waals surface area (Å²) in [6.07, 6.45) is -0.719. The maximum atomic E-state index is 12.1. The van der Waals surface area contributed by atoms with E-state index in [1.165, 1.54) is 0 Å². The van der Waals surface area contributed by atoms with Crippen molar-refractivity contribution in [3.8, 4) is 11.4 Å². The van der Waals surface area contributed by atoms with Gasteiger partial charge < -0.3 is 24.8 Å². The van der Waals surface area contributed by atoms with Gasteiger partial charge in [0.25, 0.3) is 0 Å². The molecule has 0 unspecified atom stereocenters. The number of fused-ring (bicyclic) bond motifs is 1. The highest BCUT2D eigenvalue weighted by atomic mass is 16.5. The first-order valence-electron chi connectivity index (χ1n) is 10.5. The number of hydrogen-bond acceptors (Lipinski definition) is 4. The lowest BCUT2D eigenvalue weighted by Gasteiger charge is -2.14. The molecule has 0 spiro atoms. The van der Waals surface area contributed by atoms with Gasteiger partial charge in [-0.1, -0.05) is 36.4 Å². The third-order valence-electron chi connectivity index (χ3n) is 5.50. The molecular formula is C26H26N2O4. The number of nitrogens with one attached hydrogen (secondary N) is 1. The first kappa shape index (κ1) is 21.5. The number of carboxylic acid groups (broad SMARTS) is 1. The fourth-order valence-corrected chi connectivity index (χ4v) is 3.93. The Kier molecular flexibility index (Phi) is 6.14. The number of aryl methyl sites for hydroxylation is 1. The highest BCUT2D eigenvalue weighted by molar-refractivity contribution is 6.06. The second-order valence-corrected chi connectivity index (χ2v) is 7.78. The normalized spacial score (nSPS) is 12.0. The van der Waals surface area contributed by atoms with Crippen LogP contribution in [0, 0.1) is 13.8 Å². The Morgan fingerprint density at radius 1 is 1.03 bits per heavy atom. The monoisotopic (exact) mass is 430 g/mol. The van der Waals surface area contributed by atoms with Crippen LogP contribution in [0.3, 0.4) is 0 Å². The predicted molar refractivity (Wildman–Crippen MR) is 126 cm³/mol. The van der Waals surface area contributed by atoms with Gasteiger partial charge in [-0.2, -0.15) is 0 Å². The minimum absolute atomic E-state index is 0.0885. The molecule has 0 aliphatic rings. The zero-order valence-electron chi connectivity index (χ0n) is 18.1. The molecule has 0 bridgehead atoms. The van der Waals surface area contributed by atoms with Crippen LogP contribution in [0.2, 0.25) is 0 Å². The summed E-state index contributed by atoms with van der Waals surface area (Å²) >= 11 is 0. The van der Waals surface area contributed by atoms with E-state index in [2.05, 4.69) is 5.32 Å². The van der Waals surface area contributed by atoms with Crippen molar-refractivity contribution >= 4 is 22.6 Å². The van der Waals surface area contributed by atoms with Crippen LogP contribution in [-0.2, 0) is 0 Å². The lowest BCUT2D eigenvalue weighted by atomic mass is 10.1. The highest BCUT2D eigenvalue weighted by Crippen LogP contribution is 2.33. The number of rotatable bonds is 8. The number of hydrogen-bond donors (Lipinski definition) is 3. The van der Waals surface area contributed by atoms with Crippen LogP contribution in [0.25, 0.3) is 16.6 Å². The Morgan fingerprint density at radius 3 is 2.47 bits per heavy atom. The summed E-state index contributed by atoms with van der Waals surface area (Å²) in [5.74, 6) is -0.468. The quantitative estimate of drug-likeness (QED) is 0.374. The zero-order chi connectivity index (χ0) is 22.7. The Bertz CT molecular complexity index is 1250. The van der Waals surface area contributed by atoms with E-state index in [1.807, 2.05) is 79.1 Å². The number of carbonyl (C=O) groups is 1. The second-order valence-electron chi connectivity index (χ2n) is 7.78. The molecule has 1 aromatic heterocycles. The van der Waals surface area contributed by atoms with Crippen LogP contribution >= 0.6 is 0 Å². The van der Waals surface area contributed by atoms with Gasteiger partial charge in [0.1, 0.15) is 18.5 Å². The van der Waals surface area contributed by atoms with E-state index in [4.69, 9.17) is 4.74 Å². The largest absolute Gasteiger partial charge is 0.491 e. The summed E-state index contributed by atoms with van der Waals surface area (Å²) < 4.78 is 7.75. The topological polar surface area (TPSA) is 83.7 Å². The van der Waals surface area contributed by atoms with Crippen LogP contribution in [0.15, 0.2) is 72.8 Å². The molecule has 6 heteroatoms. The number of carboxylic acids is 1. The summed E-state index contributed by atoms with van der Waals surface area (Å²) in [5, 5.41) is 23.9. The van der Waals surface area contributed by atoms with Crippen molar-refractivity contribution in [2.24, 2.45) is 0 Å². The summed E-state index contributed by atoms with van der Waals surface area (Å²) in [5.41, 5.74) is 4.63. The van der Waals surface area contributed by atoms with E-state index in [-0.39, 0.29) is 12.2 Å². The minimum Gasteiger partial charge on any atom is -0.491 e. The van der Waals surface area contributed by atoms with E-state index in [1.54, 1.807) is 12.1 Å². The van der Waals surface area contributed by atoms with Crippen molar-refractivity contribution in [3.63, 3.8) is 0 Å². The van der Waals surface area contributed by atoms with E-state index in [9.17, 15) is 15.0 Å². The number of aliphatic hydroxyl groups excluding tert-OH is 1. The van der Waals surface area contributed by atoms with Gasteiger partial charge in [-0.3, -0.25) is 0 Å². The average Bonchev–Trinajstić information content (AvgIpc) is 3.08. The van der Waals surface area contributed by atoms with Gasteiger partial charge >= 0.3 is 5.97 Å². The number of anilines is 1. The average molecular weight is 431 g/mol. The van der Waals surface area contributed by atoms with Crippen molar-refractivity contribution in [2.45, 2.75) is 20.0 Å². The van der Waals surface area contributed by atoms with E-state index in [0.29, 0.717) is 23.4 Å². The highest BCUT2D eigenvalue weighted by Gasteiger charge is 2.21. The molecule has 0 aliphatic heterocycles. The summed E-state index contributed by atoms with van der Waals surface area (Å²) in [7, 11) is 0. The van der Waals surface area contributed by atoms with Gasteiger partial charge in [-0.15, -0.1) is 0 Å². The number of para-hydroxylation sites is 2.